The number of carbonyl (C=O) groups is 2. The second-order valence-electron chi connectivity index (χ2n) is 8.25. The van der Waals surface area contributed by atoms with Crippen molar-refractivity contribution >= 4 is 33.7 Å². The number of nitrogens with one attached hydrogen (secondary N) is 1. The van der Waals surface area contributed by atoms with E-state index in [4.69, 9.17) is 14.2 Å². The van der Waals surface area contributed by atoms with Crippen LogP contribution in [0.15, 0.2) is 59.3 Å². The predicted molar refractivity (Wildman–Crippen MR) is 126 cm³/mol. The summed E-state index contributed by atoms with van der Waals surface area (Å²) in [5, 5.41) is 2.58. The van der Waals surface area contributed by atoms with E-state index in [9.17, 15) is 18.0 Å². The maximum absolute atomic E-state index is 13.2. The van der Waals surface area contributed by atoms with Crippen molar-refractivity contribution in [3.63, 3.8) is 0 Å². The molecule has 0 saturated heterocycles. The topological polar surface area (TPSA) is 124 Å². The van der Waals surface area contributed by atoms with Gasteiger partial charge in [0.25, 0.3) is 15.9 Å². The maximum Gasteiger partial charge on any atom is 0.511 e. The highest BCUT2D eigenvalue weighted by atomic mass is 32.2. The van der Waals surface area contributed by atoms with E-state index in [0.29, 0.717) is 0 Å². The molecular formula is C24H27N3O7S. The van der Waals surface area contributed by atoms with Crippen LogP contribution in [0.1, 0.15) is 44.6 Å². The van der Waals surface area contributed by atoms with Crippen LogP contribution in [0.5, 0.6) is 0 Å². The predicted octanol–water partition coefficient (Wildman–Crippen LogP) is 3.87. The molecule has 11 heteroatoms. The average Bonchev–Trinajstić information content (AvgIpc) is 2.84. The average molecular weight is 502 g/mol. The summed E-state index contributed by atoms with van der Waals surface area (Å²) < 4.78 is 43.7. The summed E-state index contributed by atoms with van der Waals surface area (Å²) >= 11 is 0. The molecule has 10 nitrogen and oxygen atoms in total. The number of sulfonamides is 1. The van der Waals surface area contributed by atoms with E-state index in [1.165, 1.54) is 32.3 Å². The Hall–Kier alpha value is -3.60. The molecule has 0 spiro atoms. The van der Waals surface area contributed by atoms with Gasteiger partial charge in [0.15, 0.2) is 11.5 Å². The fraction of sp³-hybridized carbons (Fsp3) is 0.375. The highest BCUT2D eigenvalue weighted by Gasteiger charge is 2.39. The van der Waals surface area contributed by atoms with Crippen LogP contribution in [0.3, 0.4) is 0 Å². The molecular weight excluding hydrogens is 474 g/mol. The van der Waals surface area contributed by atoms with Crippen molar-refractivity contribution in [3.05, 3.63) is 59.9 Å². The van der Waals surface area contributed by atoms with Gasteiger partial charge in [-0.25, -0.2) is 18.2 Å². The number of hydrogen-bond acceptors (Lipinski definition) is 8. The number of aromatic nitrogens is 1. The molecule has 2 heterocycles. The molecule has 35 heavy (non-hydrogen) atoms. The Morgan fingerprint density at radius 2 is 1.80 bits per heavy atom. The highest BCUT2D eigenvalue weighted by Crippen LogP contribution is 2.37. The van der Waals surface area contributed by atoms with Gasteiger partial charge in [-0.2, -0.15) is 0 Å². The number of likely N-dealkylation sites (N-methyl/N-ethyl adjacent to an activating group) is 1. The van der Waals surface area contributed by atoms with Crippen LogP contribution in [0.25, 0.3) is 5.76 Å². The lowest BCUT2D eigenvalue weighted by atomic mass is 9.98. The van der Waals surface area contributed by atoms with Crippen LogP contribution >= 0.6 is 0 Å². The zero-order chi connectivity index (χ0) is 25.0. The molecule has 186 valence electrons. The minimum atomic E-state index is -4.04. The third-order valence-corrected chi connectivity index (χ3v) is 7.60. The van der Waals surface area contributed by atoms with Crippen molar-refractivity contribution in [2.75, 3.05) is 12.4 Å². The van der Waals surface area contributed by atoms with Gasteiger partial charge in [-0.3, -0.25) is 9.10 Å². The number of nitrogens with zero attached hydrogens (tertiary/aromatic N) is 2. The summed E-state index contributed by atoms with van der Waals surface area (Å²) in [6.07, 6.45) is 3.90. The fourth-order valence-corrected chi connectivity index (χ4v) is 5.46. The van der Waals surface area contributed by atoms with Crippen LogP contribution < -0.4 is 5.32 Å². The number of fused-ring (bicyclic) bond motifs is 1. The molecule has 1 amide bonds. The normalized spacial score (nSPS) is 18.3. The van der Waals surface area contributed by atoms with Crippen molar-refractivity contribution in [1.82, 2.24) is 9.29 Å². The maximum atomic E-state index is 13.2. The first-order valence-corrected chi connectivity index (χ1v) is 12.8. The smallest absolute Gasteiger partial charge is 0.452 e. The van der Waals surface area contributed by atoms with E-state index in [0.717, 1.165) is 36.4 Å². The number of rotatable bonds is 6. The molecule has 1 aliphatic heterocycles. The number of benzene rings is 1. The Balaban J connectivity index is 1.63. The van der Waals surface area contributed by atoms with E-state index >= 15 is 0 Å². The van der Waals surface area contributed by atoms with Gasteiger partial charge in [-0.05, 0) is 49.9 Å². The van der Waals surface area contributed by atoms with Crippen LogP contribution in [0.4, 0.5) is 10.6 Å². The summed E-state index contributed by atoms with van der Waals surface area (Å²) in [5.74, 6) is -0.574. The van der Waals surface area contributed by atoms with Crippen LogP contribution in [-0.2, 0) is 29.0 Å². The molecule has 1 atom stereocenters. The standard InChI is InChI=1S/C24H27N3O7S/c1-16(33-24(29)34-17-10-4-3-5-11-17)32-22-18-12-6-7-13-19(18)35(30,31)27(2)21(22)23(28)26-20-14-8-9-15-25-20/h6-9,12-17H,3-5,10-11H2,1-2H3,(H,25,26,28). The number of hydrogen-bond donors (Lipinski definition) is 1. The van der Waals surface area contributed by atoms with E-state index in [1.807, 2.05) is 0 Å². The van der Waals surface area contributed by atoms with Gasteiger partial charge in [0.2, 0.25) is 6.29 Å². The molecule has 0 radical (unpaired) electrons. The fourth-order valence-electron chi connectivity index (χ4n) is 4.07. The zero-order valence-corrected chi connectivity index (χ0v) is 20.3. The third kappa shape index (κ3) is 5.40. The number of pyridine rings is 1. The molecule has 1 saturated carbocycles. The molecule has 4 rings (SSSR count). The first-order chi connectivity index (χ1) is 16.8. The first kappa shape index (κ1) is 24.5. The molecule has 1 unspecified atom stereocenters. The van der Waals surface area contributed by atoms with E-state index in [-0.39, 0.29) is 33.8 Å². The number of anilines is 1. The molecule has 2 aliphatic rings. The number of amides is 1. The van der Waals surface area contributed by atoms with Gasteiger partial charge < -0.3 is 19.5 Å². The Bertz CT molecular complexity index is 1220. The van der Waals surface area contributed by atoms with Gasteiger partial charge in [-0.1, -0.05) is 24.6 Å². The van der Waals surface area contributed by atoms with Gasteiger partial charge in [0.1, 0.15) is 11.9 Å². The van der Waals surface area contributed by atoms with E-state index in [2.05, 4.69) is 10.3 Å². The van der Waals surface area contributed by atoms with Gasteiger partial charge in [0, 0.05) is 25.7 Å². The third-order valence-electron chi connectivity index (χ3n) is 5.78. The van der Waals surface area contributed by atoms with Crippen LogP contribution in [0, 0.1) is 0 Å². The summed E-state index contributed by atoms with van der Waals surface area (Å²) in [6.45, 7) is 1.47. The minimum Gasteiger partial charge on any atom is -0.452 e. The summed E-state index contributed by atoms with van der Waals surface area (Å²) in [7, 11) is -2.78. The van der Waals surface area contributed by atoms with Crippen molar-refractivity contribution in [1.29, 1.82) is 0 Å². The van der Waals surface area contributed by atoms with Gasteiger partial charge >= 0.3 is 6.16 Å². The SMILES string of the molecule is CC(OC(=O)OC1CCCCC1)OC1=C(C(=O)Nc2ccccn2)N(C)S(=O)(=O)c2ccccc21. The summed E-state index contributed by atoms with van der Waals surface area (Å²) in [4.78, 5) is 29.5. The zero-order valence-electron chi connectivity index (χ0n) is 19.5. The minimum absolute atomic E-state index is 0.0381. The van der Waals surface area contributed by atoms with E-state index < -0.39 is 28.4 Å². The van der Waals surface area contributed by atoms with Crippen molar-refractivity contribution < 1.29 is 32.2 Å². The lowest BCUT2D eigenvalue weighted by Gasteiger charge is -2.31. The van der Waals surface area contributed by atoms with Crippen molar-refractivity contribution in [2.45, 2.75) is 56.3 Å². The second-order valence-corrected chi connectivity index (χ2v) is 10.2. The Labute approximate surface area is 203 Å². The Morgan fingerprint density at radius 3 is 2.51 bits per heavy atom. The summed E-state index contributed by atoms with van der Waals surface area (Å²) in [6, 6.07) is 11.1. The van der Waals surface area contributed by atoms with Crippen LogP contribution in [0.2, 0.25) is 0 Å². The molecule has 1 aliphatic carbocycles. The lowest BCUT2D eigenvalue weighted by molar-refractivity contribution is -0.114. The van der Waals surface area contributed by atoms with E-state index in [1.54, 1.807) is 30.3 Å². The number of carbonyl (C=O) groups excluding carboxylic acids is 2. The van der Waals surface area contributed by atoms with Crippen molar-refractivity contribution in [2.24, 2.45) is 0 Å². The number of ether oxygens (including phenoxy) is 3. The second kappa shape index (κ2) is 10.3. The van der Waals surface area contributed by atoms with Crippen LogP contribution in [-0.4, -0.2) is 49.2 Å². The molecule has 1 fully saturated rings. The van der Waals surface area contributed by atoms with Gasteiger partial charge in [-0.15, -0.1) is 0 Å². The molecule has 1 aromatic carbocycles. The molecule has 2 aromatic rings. The monoisotopic (exact) mass is 501 g/mol. The molecule has 1 aromatic heterocycles. The highest BCUT2D eigenvalue weighted by molar-refractivity contribution is 7.89. The Kier molecular flexibility index (Phi) is 7.25. The quantitative estimate of drug-likeness (QED) is 0.467. The largest absolute Gasteiger partial charge is 0.511 e. The first-order valence-electron chi connectivity index (χ1n) is 11.4. The molecule has 1 N–H and O–H groups in total. The summed E-state index contributed by atoms with van der Waals surface area (Å²) in [5.41, 5.74) is -0.0988. The van der Waals surface area contributed by atoms with Gasteiger partial charge in [0.05, 0.1) is 4.90 Å². The van der Waals surface area contributed by atoms with Crippen molar-refractivity contribution in [3.8, 4) is 0 Å². The lowest BCUT2D eigenvalue weighted by Crippen LogP contribution is -2.38. The molecule has 0 bridgehead atoms. The Morgan fingerprint density at radius 1 is 1.09 bits per heavy atom.